The highest BCUT2D eigenvalue weighted by molar-refractivity contribution is 6.30. The second-order valence-corrected chi connectivity index (χ2v) is 4.44. The standard InChI is InChI=1S/C12H9Cl2N3O/c1-7-6-8(13)2-3-9(7)11(18)17-12-15-5-4-10(14)16-12/h2-6H,1H3,(H,15,16,17,18). The molecule has 0 aliphatic rings. The van der Waals surface area contributed by atoms with Crippen LogP contribution in [0.3, 0.4) is 0 Å². The van der Waals surface area contributed by atoms with Crippen molar-refractivity contribution in [1.82, 2.24) is 9.97 Å². The molecule has 1 N–H and O–H groups in total. The lowest BCUT2D eigenvalue weighted by Crippen LogP contribution is -2.15. The number of carbonyl (C=O) groups excluding carboxylic acids is 1. The maximum absolute atomic E-state index is 12.0. The number of aromatic nitrogens is 2. The molecule has 1 aromatic heterocycles. The largest absolute Gasteiger partial charge is 0.290 e. The van der Waals surface area contributed by atoms with Gasteiger partial charge in [-0.1, -0.05) is 23.2 Å². The van der Waals surface area contributed by atoms with Crippen molar-refractivity contribution in [3.05, 3.63) is 51.8 Å². The van der Waals surface area contributed by atoms with E-state index >= 15 is 0 Å². The van der Waals surface area contributed by atoms with Crippen LogP contribution in [0, 0.1) is 6.92 Å². The smallest absolute Gasteiger partial charge is 0.258 e. The molecule has 0 aliphatic heterocycles. The number of nitrogens with one attached hydrogen (secondary N) is 1. The molecule has 2 aromatic rings. The Kier molecular flexibility index (Phi) is 3.79. The Morgan fingerprint density at radius 2 is 2.06 bits per heavy atom. The first-order valence-corrected chi connectivity index (χ1v) is 5.88. The molecule has 0 fully saturated rings. The van der Waals surface area contributed by atoms with Gasteiger partial charge in [-0.2, -0.15) is 0 Å². The summed E-state index contributed by atoms with van der Waals surface area (Å²) in [4.78, 5) is 19.8. The van der Waals surface area contributed by atoms with Gasteiger partial charge in [0.1, 0.15) is 5.15 Å². The number of rotatable bonds is 2. The van der Waals surface area contributed by atoms with Crippen LogP contribution in [0.4, 0.5) is 5.95 Å². The van der Waals surface area contributed by atoms with Crippen molar-refractivity contribution in [3.8, 4) is 0 Å². The number of carbonyl (C=O) groups is 1. The van der Waals surface area contributed by atoms with Crippen molar-refractivity contribution in [2.24, 2.45) is 0 Å². The van der Waals surface area contributed by atoms with Gasteiger partial charge in [0.05, 0.1) is 0 Å². The van der Waals surface area contributed by atoms with Gasteiger partial charge in [0.25, 0.3) is 5.91 Å². The number of hydrogen-bond acceptors (Lipinski definition) is 3. The van der Waals surface area contributed by atoms with Gasteiger partial charge in [0, 0.05) is 16.8 Å². The van der Waals surface area contributed by atoms with Gasteiger partial charge in [-0.15, -0.1) is 0 Å². The van der Waals surface area contributed by atoms with E-state index in [1.165, 1.54) is 12.3 Å². The summed E-state index contributed by atoms with van der Waals surface area (Å²) in [5.41, 5.74) is 1.30. The molecule has 0 saturated carbocycles. The number of benzene rings is 1. The van der Waals surface area contributed by atoms with Crippen molar-refractivity contribution < 1.29 is 4.79 Å². The fraction of sp³-hybridized carbons (Fsp3) is 0.0833. The van der Waals surface area contributed by atoms with Crippen LogP contribution in [-0.4, -0.2) is 15.9 Å². The van der Waals surface area contributed by atoms with Gasteiger partial charge in [-0.3, -0.25) is 10.1 Å². The van der Waals surface area contributed by atoms with Gasteiger partial charge in [-0.05, 0) is 36.8 Å². The molecule has 0 unspecified atom stereocenters. The molecule has 0 atom stereocenters. The Labute approximate surface area is 114 Å². The first-order chi connectivity index (χ1) is 8.56. The number of nitrogens with zero attached hydrogens (tertiary/aromatic N) is 2. The summed E-state index contributed by atoms with van der Waals surface area (Å²) >= 11 is 11.5. The third-order valence-electron chi connectivity index (χ3n) is 2.28. The van der Waals surface area contributed by atoms with Crippen LogP contribution in [0.25, 0.3) is 0 Å². The second-order valence-electron chi connectivity index (χ2n) is 3.62. The van der Waals surface area contributed by atoms with E-state index in [9.17, 15) is 4.79 Å². The van der Waals surface area contributed by atoms with E-state index in [4.69, 9.17) is 23.2 Å². The average molecular weight is 282 g/mol. The molecule has 6 heteroatoms. The number of halogens is 2. The van der Waals surface area contributed by atoms with Gasteiger partial charge in [-0.25, -0.2) is 9.97 Å². The molecule has 92 valence electrons. The first-order valence-electron chi connectivity index (χ1n) is 5.12. The Morgan fingerprint density at radius 1 is 1.28 bits per heavy atom. The van der Waals surface area contributed by atoms with Crippen LogP contribution in [-0.2, 0) is 0 Å². The Hall–Kier alpha value is -1.65. The Bertz CT molecular complexity index is 602. The average Bonchev–Trinajstić information content (AvgIpc) is 2.28. The zero-order valence-corrected chi connectivity index (χ0v) is 11.0. The molecule has 0 saturated heterocycles. The fourth-order valence-corrected chi connectivity index (χ4v) is 1.81. The van der Waals surface area contributed by atoms with Crippen LogP contribution in [0.2, 0.25) is 10.2 Å². The van der Waals surface area contributed by atoms with Crippen molar-refractivity contribution >= 4 is 35.1 Å². The molecule has 4 nitrogen and oxygen atoms in total. The summed E-state index contributed by atoms with van der Waals surface area (Å²) in [6, 6.07) is 6.56. The normalized spacial score (nSPS) is 10.2. The van der Waals surface area contributed by atoms with Gasteiger partial charge >= 0.3 is 0 Å². The third-order valence-corrected chi connectivity index (χ3v) is 2.73. The van der Waals surface area contributed by atoms with Crippen molar-refractivity contribution in [2.45, 2.75) is 6.92 Å². The van der Waals surface area contributed by atoms with E-state index < -0.39 is 0 Å². The summed E-state index contributed by atoms with van der Waals surface area (Å²) in [5, 5.41) is 3.43. The first kappa shape index (κ1) is 12.8. The predicted octanol–water partition coefficient (Wildman–Crippen LogP) is 3.34. The molecule has 1 heterocycles. The summed E-state index contributed by atoms with van der Waals surface area (Å²) < 4.78 is 0. The van der Waals surface area contributed by atoms with Crippen molar-refractivity contribution in [2.75, 3.05) is 5.32 Å². The highest BCUT2D eigenvalue weighted by Gasteiger charge is 2.10. The van der Waals surface area contributed by atoms with Crippen LogP contribution in [0.5, 0.6) is 0 Å². The zero-order chi connectivity index (χ0) is 13.1. The summed E-state index contributed by atoms with van der Waals surface area (Å²) in [6.07, 6.45) is 1.47. The minimum atomic E-state index is -0.300. The number of aryl methyl sites for hydroxylation is 1. The molecule has 2 rings (SSSR count). The summed E-state index contributed by atoms with van der Waals surface area (Å²) in [6.45, 7) is 1.81. The summed E-state index contributed by atoms with van der Waals surface area (Å²) in [7, 11) is 0. The molecular weight excluding hydrogens is 273 g/mol. The highest BCUT2D eigenvalue weighted by atomic mass is 35.5. The van der Waals surface area contributed by atoms with Gasteiger partial charge < -0.3 is 0 Å². The number of amides is 1. The minimum Gasteiger partial charge on any atom is -0.290 e. The van der Waals surface area contributed by atoms with E-state index in [-0.39, 0.29) is 17.0 Å². The Balaban J connectivity index is 2.22. The van der Waals surface area contributed by atoms with Gasteiger partial charge in [0.2, 0.25) is 5.95 Å². The molecule has 18 heavy (non-hydrogen) atoms. The lowest BCUT2D eigenvalue weighted by atomic mass is 10.1. The predicted molar refractivity (Wildman–Crippen MR) is 71.2 cm³/mol. The summed E-state index contributed by atoms with van der Waals surface area (Å²) in [5.74, 6) is -0.131. The van der Waals surface area contributed by atoms with Crippen LogP contribution < -0.4 is 5.32 Å². The zero-order valence-electron chi connectivity index (χ0n) is 9.45. The van der Waals surface area contributed by atoms with Crippen LogP contribution in [0.15, 0.2) is 30.5 Å². The minimum absolute atomic E-state index is 0.168. The van der Waals surface area contributed by atoms with E-state index in [1.54, 1.807) is 25.1 Å². The van der Waals surface area contributed by atoms with Crippen molar-refractivity contribution in [3.63, 3.8) is 0 Å². The molecule has 0 radical (unpaired) electrons. The third kappa shape index (κ3) is 2.97. The van der Waals surface area contributed by atoms with Crippen LogP contribution in [0.1, 0.15) is 15.9 Å². The molecule has 0 aliphatic carbocycles. The topological polar surface area (TPSA) is 54.9 Å². The van der Waals surface area contributed by atoms with E-state index in [1.807, 2.05) is 0 Å². The maximum Gasteiger partial charge on any atom is 0.258 e. The fourth-order valence-electron chi connectivity index (χ4n) is 1.45. The maximum atomic E-state index is 12.0. The van der Waals surface area contributed by atoms with Crippen molar-refractivity contribution in [1.29, 1.82) is 0 Å². The highest BCUT2D eigenvalue weighted by Crippen LogP contribution is 2.16. The van der Waals surface area contributed by atoms with E-state index in [0.29, 0.717) is 10.6 Å². The lowest BCUT2D eigenvalue weighted by Gasteiger charge is -2.06. The number of anilines is 1. The van der Waals surface area contributed by atoms with E-state index in [0.717, 1.165) is 5.56 Å². The molecule has 0 spiro atoms. The molecule has 1 amide bonds. The monoisotopic (exact) mass is 281 g/mol. The lowest BCUT2D eigenvalue weighted by molar-refractivity contribution is 0.102. The van der Waals surface area contributed by atoms with E-state index in [2.05, 4.69) is 15.3 Å². The van der Waals surface area contributed by atoms with Crippen LogP contribution >= 0.6 is 23.2 Å². The molecule has 0 bridgehead atoms. The molecule has 1 aromatic carbocycles. The Morgan fingerprint density at radius 3 is 2.72 bits per heavy atom. The second kappa shape index (κ2) is 5.33. The SMILES string of the molecule is Cc1cc(Cl)ccc1C(=O)Nc1nccc(Cl)n1. The number of hydrogen-bond donors (Lipinski definition) is 1. The quantitative estimate of drug-likeness (QED) is 0.859. The van der Waals surface area contributed by atoms with Gasteiger partial charge in [0.15, 0.2) is 0 Å². The molecular formula is C12H9Cl2N3O.